The van der Waals surface area contributed by atoms with Crippen LogP contribution in [-0.2, 0) is 6.54 Å². The Morgan fingerprint density at radius 2 is 1.85 bits per heavy atom. The number of H-pyrrole nitrogens is 1. The molecular weight excluding hydrogens is 274 g/mol. The number of aromatic nitrogens is 2. The molecule has 3 rings (SSSR count). The summed E-state index contributed by atoms with van der Waals surface area (Å²) in [7, 11) is 0. The van der Waals surface area contributed by atoms with E-state index < -0.39 is 0 Å². The van der Waals surface area contributed by atoms with Gasteiger partial charge in [0.2, 0.25) is 5.95 Å². The number of aromatic amines is 1. The average molecular weight is 286 g/mol. The van der Waals surface area contributed by atoms with Crippen LogP contribution in [0.25, 0.3) is 10.9 Å². The zero-order chi connectivity index (χ0) is 13.9. The summed E-state index contributed by atoms with van der Waals surface area (Å²) >= 11 is 5.83. The quantitative estimate of drug-likeness (QED) is 0.777. The van der Waals surface area contributed by atoms with E-state index in [1.807, 2.05) is 42.5 Å². The molecule has 0 bridgehead atoms. The van der Waals surface area contributed by atoms with Crippen molar-refractivity contribution >= 4 is 28.5 Å². The molecule has 3 aromatic rings. The van der Waals surface area contributed by atoms with Gasteiger partial charge in [0.15, 0.2) is 0 Å². The number of rotatable bonds is 3. The van der Waals surface area contributed by atoms with Crippen LogP contribution in [0.15, 0.2) is 53.3 Å². The normalized spacial score (nSPS) is 10.7. The van der Waals surface area contributed by atoms with Crippen LogP contribution in [-0.4, -0.2) is 9.97 Å². The summed E-state index contributed by atoms with van der Waals surface area (Å²) in [5.41, 5.74) is 1.59. The molecule has 0 aliphatic carbocycles. The van der Waals surface area contributed by atoms with E-state index in [2.05, 4.69) is 15.3 Å². The number of anilines is 1. The van der Waals surface area contributed by atoms with E-state index in [1.165, 1.54) is 0 Å². The Bertz CT molecular complexity index is 796. The van der Waals surface area contributed by atoms with E-state index in [0.29, 0.717) is 28.4 Å². The lowest BCUT2D eigenvalue weighted by Crippen LogP contribution is -2.13. The first kappa shape index (κ1) is 12.7. The minimum absolute atomic E-state index is 0.144. The van der Waals surface area contributed by atoms with Crippen molar-refractivity contribution in [3.05, 3.63) is 69.5 Å². The van der Waals surface area contributed by atoms with Crippen molar-refractivity contribution in [2.45, 2.75) is 6.54 Å². The van der Waals surface area contributed by atoms with E-state index in [-0.39, 0.29) is 5.56 Å². The zero-order valence-corrected chi connectivity index (χ0v) is 11.3. The first-order valence-corrected chi connectivity index (χ1v) is 6.57. The molecule has 0 aliphatic heterocycles. The summed E-state index contributed by atoms with van der Waals surface area (Å²) in [5.74, 6) is 0.462. The van der Waals surface area contributed by atoms with E-state index in [9.17, 15) is 4.79 Å². The monoisotopic (exact) mass is 285 g/mol. The van der Waals surface area contributed by atoms with Crippen LogP contribution < -0.4 is 10.9 Å². The molecule has 20 heavy (non-hydrogen) atoms. The van der Waals surface area contributed by atoms with Crippen molar-refractivity contribution < 1.29 is 0 Å². The lowest BCUT2D eigenvalue weighted by molar-refractivity contribution is 1.06. The third-order valence-electron chi connectivity index (χ3n) is 2.99. The molecule has 0 amide bonds. The van der Waals surface area contributed by atoms with E-state index >= 15 is 0 Å². The Labute approximate surface area is 120 Å². The van der Waals surface area contributed by atoms with Gasteiger partial charge < -0.3 is 5.32 Å². The maximum Gasteiger partial charge on any atom is 0.260 e. The van der Waals surface area contributed by atoms with Gasteiger partial charge in [-0.2, -0.15) is 0 Å². The second kappa shape index (κ2) is 5.35. The number of hydrogen-bond acceptors (Lipinski definition) is 3. The topological polar surface area (TPSA) is 57.8 Å². The van der Waals surface area contributed by atoms with Crippen LogP contribution in [0.5, 0.6) is 0 Å². The van der Waals surface area contributed by atoms with Crippen molar-refractivity contribution in [2.75, 3.05) is 5.32 Å². The van der Waals surface area contributed by atoms with E-state index in [1.54, 1.807) is 6.07 Å². The van der Waals surface area contributed by atoms with Gasteiger partial charge in [-0.15, -0.1) is 0 Å². The summed E-state index contributed by atoms with van der Waals surface area (Å²) in [6.07, 6.45) is 0. The average Bonchev–Trinajstić information content (AvgIpc) is 2.47. The second-order valence-electron chi connectivity index (χ2n) is 4.41. The van der Waals surface area contributed by atoms with Crippen molar-refractivity contribution in [2.24, 2.45) is 0 Å². The van der Waals surface area contributed by atoms with Crippen LogP contribution in [0.3, 0.4) is 0 Å². The molecule has 0 fully saturated rings. The minimum Gasteiger partial charge on any atom is -0.352 e. The van der Waals surface area contributed by atoms with Gasteiger partial charge in [-0.05, 0) is 29.8 Å². The first-order valence-electron chi connectivity index (χ1n) is 6.20. The highest BCUT2D eigenvalue weighted by molar-refractivity contribution is 6.30. The molecule has 1 aromatic heterocycles. The highest BCUT2D eigenvalue weighted by Gasteiger charge is 2.02. The van der Waals surface area contributed by atoms with Crippen LogP contribution >= 0.6 is 11.6 Å². The van der Waals surface area contributed by atoms with Gasteiger partial charge in [0.05, 0.1) is 10.9 Å². The maximum atomic E-state index is 11.9. The van der Waals surface area contributed by atoms with Gasteiger partial charge in [-0.1, -0.05) is 35.9 Å². The summed E-state index contributed by atoms with van der Waals surface area (Å²) in [4.78, 5) is 19.0. The molecule has 0 aliphatic rings. The number of fused-ring (bicyclic) bond motifs is 1. The molecule has 4 nitrogen and oxygen atoms in total. The molecule has 0 spiro atoms. The number of halogens is 1. The SMILES string of the molecule is O=c1[nH]c(NCc2ccc(Cl)cc2)nc2ccccc12. The predicted octanol–water partition coefficient (Wildman–Crippen LogP) is 3.19. The van der Waals surface area contributed by atoms with Crippen LogP contribution in [0.1, 0.15) is 5.56 Å². The molecule has 2 aromatic carbocycles. The van der Waals surface area contributed by atoms with Gasteiger partial charge in [-0.3, -0.25) is 9.78 Å². The molecule has 0 radical (unpaired) electrons. The zero-order valence-electron chi connectivity index (χ0n) is 10.6. The van der Waals surface area contributed by atoms with Crippen molar-refractivity contribution in [3.63, 3.8) is 0 Å². The molecule has 100 valence electrons. The molecule has 2 N–H and O–H groups in total. The minimum atomic E-state index is -0.144. The van der Waals surface area contributed by atoms with Crippen molar-refractivity contribution in [1.82, 2.24) is 9.97 Å². The Morgan fingerprint density at radius 1 is 1.10 bits per heavy atom. The van der Waals surface area contributed by atoms with Gasteiger partial charge in [-0.25, -0.2) is 4.98 Å². The number of benzene rings is 2. The number of nitrogens with zero attached hydrogens (tertiary/aromatic N) is 1. The molecule has 1 heterocycles. The highest BCUT2D eigenvalue weighted by Crippen LogP contribution is 2.11. The Balaban J connectivity index is 1.84. The number of hydrogen-bond donors (Lipinski definition) is 2. The van der Waals surface area contributed by atoms with E-state index in [0.717, 1.165) is 5.56 Å². The summed E-state index contributed by atoms with van der Waals surface area (Å²) in [6.45, 7) is 0.568. The third-order valence-corrected chi connectivity index (χ3v) is 3.24. The Morgan fingerprint density at radius 3 is 2.65 bits per heavy atom. The largest absolute Gasteiger partial charge is 0.352 e. The lowest BCUT2D eigenvalue weighted by atomic mass is 10.2. The van der Waals surface area contributed by atoms with Gasteiger partial charge >= 0.3 is 0 Å². The summed E-state index contributed by atoms with van der Waals surface area (Å²) < 4.78 is 0. The smallest absolute Gasteiger partial charge is 0.260 e. The number of nitrogens with one attached hydrogen (secondary N) is 2. The Kier molecular flexibility index (Phi) is 3.39. The van der Waals surface area contributed by atoms with E-state index in [4.69, 9.17) is 11.6 Å². The van der Waals surface area contributed by atoms with Crippen LogP contribution in [0, 0.1) is 0 Å². The van der Waals surface area contributed by atoms with Gasteiger partial charge in [0.1, 0.15) is 0 Å². The molecule has 5 heteroatoms. The second-order valence-corrected chi connectivity index (χ2v) is 4.85. The van der Waals surface area contributed by atoms with Crippen LogP contribution in [0.4, 0.5) is 5.95 Å². The molecule has 0 unspecified atom stereocenters. The predicted molar refractivity (Wildman–Crippen MR) is 81.1 cm³/mol. The molecule has 0 saturated carbocycles. The first-order chi connectivity index (χ1) is 9.72. The number of para-hydroxylation sites is 1. The Hall–Kier alpha value is -2.33. The van der Waals surface area contributed by atoms with Crippen molar-refractivity contribution in [1.29, 1.82) is 0 Å². The molecular formula is C15H12ClN3O. The van der Waals surface area contributed by atoms with Gasteiger partial charge in [0, 0.05) is 11.6 Å². The van der Waals surface area contributed by atoms with Crippen LogP contribution in [0.2, 0.25) is 5.02 Å². The maximum absolute atomic E-state index is 11.9. The summed E-state index contributed by atoms with van der Waals surface area (Å²) in [6, 6.07) is 14.8. The highest BCUT2D eigenvalue weighted by atomic mass is 35.5. The van der Waals surface area contributed by atoms with Crippen molar-refractivity contribution in [3.8, 4) is 0 Å². The fourth-order valence-electron chi connectivity index (χ4n) is 1.96. The van der Waals surface area contributed by atoms with Gasteiger partial charge in [0.25, 0.3) is 5.56 Å². The fraction of sp³-hybridized carbons (Fsp3) is 0.0667. The molecule has 0 saturated heterocycles. The lowest BCUT2D eigenvalue weighted by Gasteiger charge is -2.06. The standard InChI is InChI=1S/C15H12ClN3O/c16-11-7-5-10(6-8-11)9-17-15-18-13-4-2-1-3-12(13)14(20)19-15/h1-8H,9H2,(H2,17,18,19,20). The molecule has 0 atom stereocenters. The summed E-state index contributed by atoms with van der Waals surface area (Å²) in [5, 5.41) is 4.39. The fourth-order valence-corrected chi connectivity index (χ4v) is 2.08. The third kappa shape index (κ3) is 2.65.